The molecule has 3 aromatic rings. The highest BCUT2D eigenvalue weighted by Crippen LogP contribution is 2.26. The normalized spacial score (nSPS) is 11.1. The second-order valence-electron chi connectivity index (χ2n) is 7.18. The standard InChI is InChI=1S/C22H24N2O3S/c1-12(2)16-6-8-17(9-7-16)21-24-18(11-28-21)10-27-22(26)20-13(3)19(15(5)25)14(4)23-20/h6-9,11-12,23H,10H2,1-5H3. The predicted molar refractivity (Wildman–Crippen MR) is 111 cm³/mol. The summed E-state index contributed by atoms with van der Waals surface area (Å²) < 4.78 is 5.41. The molecule has 0 spiro atoms. The number of thiazole rings is 1. The Labute approximate surface area is 168 Å². The van der Waals surface area contributed by atoms with E-state index >= 15 is 0 Å². The Balaban J connectivity index is 1.68. The smallest absolute Gasteiger partial charge is 0.355 e. The molecule has 2 heterocycles. The highest BCUT2D eigenvalue weighted by molar-refractivity contribution is 7.13. The number of H-pyrrole nitrogens is 1. The van der Waals surface area contributed by atoms with Gasteiger partial charge in [0.2, 0.25) is 0 Å². The molecule has 6 heteroatoms. The lowest BCUT2D eigenvalue weighted by atomic mass is 10.0. The SMILES string of the molecule is CC(=O)c1c(C)[nH]c(C(=O)OCc2csc(-c3ccc(C(C)C)cc3)n2)c1C. The maximum atomic E-state index is 12.4. The number of aromatic nitrogens is 2. The number of hydrogen-bond acceptors (Lipinski definition) is 5. The average Bonchev–Trinajstić information content (AvgIpc) is 3.24. The van der Waals surface area contributed by atoms with Gasteiger partial charge in [-0.3, -0.25) is 4.79 Å². The van der Waals surface area contributed by atoms with Crippen molar-refractivity contribution in [2.45, 2.75) is 47.1 Å². The number of esters is 1. The van der Waals surface area contributed by atoms with Crippen molar-refractivity contribution in [2.75, 3.05) is 0 Å². The van der Waals surface area contributed by atoms with Crippen molar-refractivity contribution < 1.29 is 14.3 Å². The fourth-order valence-corrected chi connectivity index (χ4v) is 4.02. The number of rotatable bonds is 6. The summed E-state index contributed by atoms with van der Waals surface area (Å²) in [7, 11) is 0. The Bertz CT molecular complexity index is 1010. The summed E-state index contributed by atoms with van der Waals surface area (Å²) in [4.78, 5) is 31.7. The maximum Gasteiger partial charge on any atom is 0.355 e. The van der Waals surface area contributed by atoms with Gasteiger partial charge in [0.05, 0.1) is 5.69 Å². The highest BCUT2D eigenvalue weighted by Gasteiger charge is 2.21. The molecule has 0 atom stereocenters. The Morgan fingerprint density at radius 1 is 1.18 bits per heavy atom. The number of aryl methyl sites for hydroxylation is 1. The van der Waals surface area contributed by atoms with Crippen molar-refractivity contribution in [3.05, 3.63) is 63.4 Å². The van der Waals surface area contributed by atoms with Gasteiger partial charge >= 0.3 is 5.97 Å². The van der Waals surface area contributed by atoms with Crippen LogP contribution in [0.2, 0.25) is 0 Å². The van der Waals surface area contributed by atoms with Crippen LogP contribution in [0.5, 0.6) is 0 Å². The molecule has 2 aromatic heterocycles. The van der Waals surface area contributed by atoms with E-state index in [1.807, 2.05) is 5.38 Å². The van der Waals surface area contributed by atoms with Crippen LogP contribution in [0.4, 0.5) is 0 Å². The van der Waals surface area contributed by atoms with Crippen LogP contribution in [0.25, 0.3) is 10.6 Å². The minimum absolute atomic E-state index is 0.0714. The van der Waals surface area contributed by atoms with Gasteiger partial charge < -0.3 is 9.72 Å². The number of Topliss-reactive ketones (excluding diaryl/α,β-unsaturated/α-hetero) is 1. The van der Waals surface area contributed by atoms with Gasteiger partial charge in [0, 0.05) is 22.2 Å². The molecule has 0 aliphatic rings. The third-order valence-corrected chi connectivity index (χ3v) is 5.66. The van der Waals surface area contributed by atoms with E-state index in [2.05, 4.69) is 48.1 Å². The third-order valence-electron chi connectivity index (χ3n) is 4.72. The van der Waals surface area contributed by atoms with Crippen LogP contribution >= 0.6 is 11.3 Å². The van der Waals surface area contributed by atoms with Gasteiger partial charge in [0.15, 0.2) is 5.78 Å². The van der Waals surface area contributed by atoms with Gasteiger partial charge in [-0.2, -0.15) is 0 Å². The van der Waals surface area contributed by atoms with Crippen LogP contribution < -0.4 is 0 Å². The molecule has 0 saturated carbocycles. The monoisotopic (exact) mass is 396 g/mol. The first-order valence-electron chi connectivity index (χ1n) is 9.20. The zero-order valence-corrected chi connectivity index (χ0v) is 17.6. The summed E-state index contributed by atoms with van der Waals surface area (Å²) in [6, 6.07) is 8.37. The van der Waals surface area contributed by atoms with Gasteiger partial charge in [0.25, 0.3) is 0 Å². The van der Waals surface area contributed by atoms with Gasteiger partial charge in [0.1, 0.15) is 17.3 Å². The topological polar surface area (TPSA) is 72.0 Å². The molecule has 0 aliphatic heterocycles. The number of carbonyl (C=O) groups excluding carboxylic acids is 2. The van der Waals surface area contributed by atoms with Crippen molar-refractivity contribution in [3.8, 4) is 10.6 Å². The second kappa shape index (κ2) is 8.10. The van der Waals surface area contributed by atoms with Crippen molar-refractivity contribution >= 4 is 23.1 Å². The second-order valence-corrected chi connectivity index (χ2v) is 8.04. The largest absolute Gasteiger partial charge is 0.454 e. The molecule has 5 nitrogen and oxygen atoms in total. The zero-order chi connectivity index (χ0) is 20.4. The molecule has 0 unspecified atom stereocenters. The molecule has 1 aromatic carbocycles. The number of nitrogens with zero attached hydrogens (tertiary/aromatic N) is 1. The summed E-state index contributed by atoms with van der Waals surface area (Å²) in [5.41, 5.74) is 5.21. The van der Waals surface area contributed by atoms with E-state index in [9.17, 15) is 9.59 Å². The molecular weight excluding hydrogens is 372 g/mol. The number of benzene rings is 1. The number of ketones is 1. The predicted octanol–water partition coefficient (Wildman–Crippen LogP) is 5.44. The number of hydrogen-bond donors (Lipinski definition) is 1. The van der Waals surface area contributed by atoms with Crippen LogP contribution in [0.1, 0.15) is 70.1 Å². The molecule has 0 fully saturated rings. The summed E-state index contributed by atoms with van der Waals surface area (Å²) in [5.74, 6) is -0.0641. The lowest BCUT2D eigenvalue weighted by Crippen LogP contribution is -2.08. The van der Waals surface area contributed by atoms with E-state index in [1.165, 1.54) is 23.8 Å². The van der Waals surface area contributed by atoms with Crippen molar-refractivity contribution in [1.29, 1.82) is 0 Å². The summed E-state index contributed by atoms with van der Waals surface area (Å²) in [5, 5.41) is 2.79. The molecule has 0 amide bonds. The Morgan fingerprint density at radius 2 is 1.86 bits per heavy atom. The number of aromatic amines is 1. The Morgan fingerprint density at radius 3 is 2.43 bits per heavy atom. The fraction of sp³-hybridized carbons (Fsp3) is 0.318. The number of carbonyl (C=O) groups is 2. The van der Waals surface area contributed by atoms with Gasteiger partial charge in [-0.1, -0.05) is 38.1 Å². The molecule has 146 valence electrons. The van der Waals surface area contributed by atoms with E-state index in [0.717, 1.165) is 10.6 Å². The van der Waals surface area contributed by atoms with Crippen molar-refractivity contribution in [3.63, 3.8) is 0 Å². The molecule has 28 heavy (non-hydrogen) atoms. The molecule has 0 aliphatic carbocycles. The highest BCUT2D eigenvalue weighted by atomic mass is 32.1. The molecule has 0 radical (unpaired) electrons. The number of ether oxygens (including phenoxy) is 1. The van der Waals surface area contributed by atoms with E-state index in [0.29, 0.717) is 34.1 Å². The van der Waals surface area contributed by atoms with Gasteiger partial charge in [-0.25, -0.2) is 9.78 Å². The van der Waals surface area contributed by atoms with Crippen LogP contribution in [-0.4, -0.2) is 21.7 Å². The van der Waals surface area contributed by atoms with Crippen LogP contribution in [0, 0.1) is 13.8 Å². The van der Waals surface area contributed by atoms with Crippen molar-refractivity contribution in [2.24, 2.45) is 0 Å². The maximum absolute atomic E-state index is 12.4. The zero-order valence-electron chi connectivity index (χ0n) is 16.8. The lowest BCUT2D eigenvalue weighted by molar-refractivity contribution is 0.0461. The van der Waals surface area contributed by atoms with Gasteiger partial charge in [-0.05, 0) is 37.8 Å². The molecule has 0 saturated heterocycles. The minimum Gasteiger partial charge on any atom is -0.454 e. The lowest BCUT2D eigenvalue weighted by Gasteiger charge is -2.05. The Hall–Kier alpha value is -2.73. The van der Waals surface area contributed by atoms with Crippen LogP contribution in [-0.2, 0) is 11.3 Å². The third kappa shape index (κ3) is 4.07. The summed E-state index contributed by atoms with van der Waals surface area (Å²) in [6.07, 6.45) is 0. The number of nitrogens with one attached hydrogen (secondary N) is 1. The van der Waals surface area contributed by atoms with E-state index in [1.54, 1.807) is 13.8 Å². The summed E-state index contributed by atoms with van der Waals surface area (Å²) in [6.45, 7) is 9.43. The van der Waals surface area contributed by atoms with E-state index in [4.69, 9.17) is 4.74 Å². The van der Waals surface area contributed by atoms with Crippen LogP contribution in [0.15, 0.2) is 29.6 Å². The first-order chi connectivity index (χ1) is 13.3. The quantitative estimate of drug-likeness (QED) is 0.445. The first-order valence-corrected chi connectivity index (χ1v) is 10.1. The van der Waals surface area contributed by atoms with Gasteiger partial charge in [-0.15, -0.1) is 11.3 Å². The molecule has 3 rings (SSSR count). The van der Waals surface area contributed by atoms with E-state index in [-0.39, 0.29) is 12.4 Å². The Kier molecular flexibility index (Phi) is 5.79. The average molecular weight is 397 g/mol. The fourth-order valence-electron chi connectivity index (χ4n) is 3.21. The van der Waals surface area contributed by atoms with Crippen LogP contribution in [0.3, 0.4) is 0 Å². The van der Waals surface area contributed by atoms with Crippen molar-refractivity contribution in [1.82, 2.24) is 9.97 Å². The first kappa shape index (κ1) is 20.0. The molecule has 1 N–H and O–H groups in total. The summed E-state index contributed by atoms with van der Waals surface area (Å²) >= 11 is 1.52. The minimum atomic E-state index is -0.482. The van der Waals surface area contributed by atoms with E-state index < -0.39 is 5.97 Å². The molecule has 0 bridgehead atoms. The molecular formula is C22H24N2O3S.